The molecule has 0 aromatic carbocycles. The highest BCUT2D eigenvalue weighted by Crippen LogP contribution is 2.33. The number of rotatable bonds is 1. The van der Waals surface area contributed by atoms with Gasteiger partial charge < -0.3 is 4.74 Å². The minimum Gasteiger partial charge on any atom is -0.469 e. The summed E-state index contributed by atoms with van der Waals surface area (Å²) in [5.74, 6) is 1.93. The lowest BCUT2D eigenvalue weighted by atomic mass is 9.86. The van der Waals surface area contributed by atoms with E-state index < -0.39 is 0 Å². The first-order valence-electron chi connectivity index (χ1n) is 5.16. The Hall–Kier alpha value is -0.180. The molecule has 0 amide bonds. The molecule has 0 bridgehead atoms. The van der Waals surface area contributed by atoms with Gasteiger partial charge >= 0.3 is 0 Å². The van der Waals surface area contributed by atoms with Crippen molar-refractivity contribution in [3.05, 3.63) is 0 Å². The van der Waals surface area contributed by atoms with Crippen LogP contribution in [0.3, 0.4) is 0 Å². The fourth-order valence-electron chi connectivity index (χ4n) is 2.21. The maximum Gasteiger partial charge on any atom is 0.245 e. The van der Waals surface area contributed by atoms with Crippen molar-refractivity contribution in [2.45, 2.75) is 38.2 Å². The summed E-state index contributed by atoms with van der Waals surface area (Å²) < 4.78 is 5.76. The van der Waals surface area contributed by atoms with Gasteiger partial charge in [0.1, 0.15) is 6.10 Å². The van der Waals surface area contributed by atoms with Crippen molar-refractivity contribution >= 4 is 17.0 Å². The Morgan fingerprint density at radius 2 is 2.08 bits per heavy atom. The smallest absolute Gasteiger partial charge is 0.245 e. The Labute approximate surface area is 84.1 Å². The van der Waals surface area contributed by atoms with Crippen LogP contribution < -0.4 is 0 Å². The molecule has 74 valence electrons. The molecule has 1 aliphatic carbocycles. The Morgan fingerprint density at radius 3 is 2.69 bits per heavy atom. The fourth-order valence-corrected chi connectivity index (χ4v) is 3.17. The molecule has 1 atom stereocenters. The Morgan fingerprint density at radius 1 is 1.31 bits per heavy atom. The number of aliphatic imine (C=N–C) groups is 1. The van der Waals surface area contributed by atoms with Crippen molar-refractivity contribution in [3.8, 4) is 0 Å². The average Bonchev–Trinajstić information content (AvgIpc) is 2.67. The van der Waals surface area contributed by atoms with Crippen molar-refractivity contribution in [3.63, 3.8) is 0 Å². The monoisotopic (exact) mass is 199 g/mol. The van der Waals surface area contributed by atoms with Gasteiger partial charge in [0.15, 0.2) is 0 Å². The maximum absolute atomic E-state index is 5.76. The summed E-state index contributed by atoms with van der Waals surface area (Å²) in [4.78, 5) is 4.09. The molecule has 1 saturated carbocycles. The van der Waals surface area contributed by atoms with Gasteiger partial charge in [0.2, 0.25) is 5.23 Å². The van der Waals surface area contributed by atoms with Gasteiger partial charge in [-0.3, -0.25) is 0 Å². The molecule has 0 aromatic rings. The third kappa shape index (κ3) is 2.19. The van der Waals surface area contributed by atoms with E-state index in [1.807, 2.05) is 7.05 Å². The highest BCUT2D eigenvalue weighted by molar-refractivity contribution is 8.13. The zero-order valence-corrected chi connectivity index (χ0v) is 8.98. The lowest BCUT2D eigenvalue weighted by molar-refractivity contribution is 0.128. The number of ether oxygens (including phenoxy) is 1. The van der Waals surface area contributed by atoms with Crippen LogP contribution in [0.15, 0.2) is 4.99 Å². The Balaban J connectivity index is 1.87. The first-order valence-corrected chi connectivity index (χ1v) is 6.15. The van der Waals surface area contributed by atoms with Gasteiger partial charge in [-0.1, -0.05) is 31.0 Å². The van der Waals surface area contributed by atoms with E-state index >= 15 is 0 Å². The number of hydrogen-bond acceptors (Lipinski definition) is 3. The summed E-state index contributed by atoms with van der Waals surface area (Å²) >= 11 is 1.77. The maximum atomic E-state index is 5.76. The molecule has 0 radical (unpaired) electrons. The molecule has 1 aliphatic heterocycles. The zero-order valence-electron chi connectivity index (χ0n) is 8.16. The van der Waals surface area contributed by atoms with Crippen molar-refractivity contribution in [1.82, 2.24) is 0 Å². The van der Waals surface area contributed by atoms with Gasteiger partial charge in [-0.25, -0.2) is 4.99 Å². The van der Waals surface area contributed by atoms with Crippen LogP contribution in [0.2, 0.25) is 0 Å². The molecule has 1 unspecified atom stereocenters. The van der Waals surface area contributed by atoms with Gasteiger partial charge in [0.05, 0.1) is 0 Å². The molecule has 13 heavy (non-hydrogen) atoms. The summed E-state index contributed by atoms with van der Waals surface area (Å²) in [6.07, 6.45) is 7.40. The number of thioether (sulfide) groups is 1. The van der Waals surface area contributed by atoms with Crippen LogP contribution in [0.1, 0.15) is 32.1 Å². The molecule has 0 aromatic heterocycles. The van der Waals surface area contributed by atoms with Crippen molar-refractivity contribution < 1.29 is 4.74 Å². The van der Waals surface area contributed by atoms with Gasteiger partial charge in [-0.15, -0.1) is 0 Å². The van der Waals surface area contributed by atoms with E-state index in [-0.39, 0.29) is 0 Å². The first-order chi connectivity index (χ1) is 6.40. The van der Waals surface area contributed by atoms with Crippen LogP contribution in [0, 0.1) is 5.92 Å². The largest absolute Gasteiger partial charge is 0.469 e. The van der Waals surface area contributed by atoms with Crippen molar-refractivity contribution in [2.75, 3.05) is 12.8 Å². The molecule has 2 fully saturated rings. The predicted octanol–water partition coefficient (Wildman–Crippen LogP) is 2.68. The minimum atomic E-state index is 0.462. The second-order valence-corrected chi connectivity index (χ2v) is 4.83. The van der Waals surface area contributed by atoms with Crippen LogP contribution in [-0.2, 0) is 4.74 Å². The molecule has 2 aliphatic rings. The Kier molecular flexibility index (Phi) is 3.14. The fraction of sp³-hybridized carbons (Fsp3) is 0.900. The second kappa shape index (κ2) is 4.36. The summed E-state index contributed by atoms with van der Waals surface area (Å²) in [7, 11) is 1.81. The summed E-state index contributed by atoms with van der Waals surface area (Å²) in [6, 6.07) is 0. The molecular weight excluding hydrogens is 182 g/mol. The van der Waals surface area contributed by atoms with Crippen LogP contribution in [0.25, 0.3) is 0 Å². The molecule has 0 spiro atoms. The average molecular weight is 199 g/mol. The van der Waals surface area contributed by atoms with Gasteiger partial charge in [-0.2, -0.15) is 0 Å². The SMILES string of the molecule is CN=C1OC(C2CCCCC2)CS1. The van der Waals surface area contributed by atoms with Crippen LogP contribution in [-0.4, -0.2) is 24.1 Å². The minimum absolute atomic E-state index is 0.462. The molecule has 2 nitrogen and oxygen atoms in total. The highest BCUT2D eigenvalue weighted by atomic mass is 32.2. The van der Waals surface area contributed by atoms with E-state index in [0.29, 0.717) is 6.10 Å². The van der Waals surface area contributed by atoms with E-state index in [4.69, 9.17) is 4.74 Å². The van der Waals surface area contributed by atoms with E-state index in [0.717, 1.165) is 16.9 Å². The standard InChI is InChI=1S/C10H17NOS/c1-11-10-12-9(7-13-10)8-5-3-2-4-6-8/h8-9H,2-7H2,1H3. The molecule has 1 heterocycles. The van der Waals surface area contributed by atoms with Crippen LogP contribution in [0.4, 0.5) is 0 Å². The quantitative estimate of drug-likeness (QED) is 0.647. The van der Waals surface area contributed by atoms with Crippen molar-refractivity contribution in [1.29, 1.82) is 0 Å². The first kappa shape index (κ1) is 9.38. The molecule has 1 saturated heterocycles. The lowest BCUT2D eigenvalue weighted by Gasteiger charge is -2.25. The molecule has 2 rings (SSSR count). The van der Waals surface area contributed by atoms with Gasteiger partial charge in [-0.05, 0) is 18.8 Å². The van der Waals surface area contributed by atoms with E-state index in [9.17, 15) is 0 Å². The normalized spacial score (nSPS) is 33.6. The van der Waals surface area contributed by atoms with Gasteiger partial charge in [0, 0.05) is 12.8 Å². The third-order valence-electron chi connectivity index (χ3n) is 2.98. The summed E-state index contributed by atoms with van der Waals surface area (Å²) in [5.41, 5.74) is 0. The summed E-state index contributed by atoms with van der Waals surface area (Å²) in [5, 5.41) is 0.899. The van der Waals surface area contributed by atoms with Crippen LogP contribution >= 0.6 is 11.8 Å². The molecule has 3 heteroatoms. The van der Waals surface area contributed by atoms with Gasteiger partial charge in [0.25, 0.3) is 0 Å². The second-order valence-electron chi connectivity index (χ2n) is 3.85. The summed E-state index contributed by atoms with van der Waals surface area (Å²) in [6.45, 7) is 0. The zero-order chi connectivity index (χ0) is 9.10. The van der Waals surface area contributed by atoms with E-state index in [1.54, 1.807) is 11.8 Å². The Bertz CT molecular complexity index is 199. The lowest BCUT2D eigenvalue weighted by Crippen LogP contribution is -2.24. The third-order valence-corrected chi connectivity index (χ3v) is 4.00. The van der Waals surface area contributed by atoms with Crippen LogP contribution in [0.5, 0.6) is 0 Å². The predicted molar refractivity (Wildman–Crippen MR) is 57.3 cm³/mol. The van der Waals surface area contributed by atoms with Crippen molar-refractivity contribution in [2.24, 2.45) is 10.9 Å². The number of hydrogen-bond donors (Lipinski definition) is 0. The topological polar surface area (TPSA) is 21.6 Å². The highest BCUT2D eigenvalue weighted by Gasteiger charge is 2.31. The molecule has 0 N–H and O–H groups in total. The van der Waals surface area contributed by atoms with E-state index in [2.05, 4.69) is 4.99 Å². The number of nitrogens with zero attached hydrogens (tertiary/aromatic N) is 1. The molecular formula is C10H17NOS. The van der Waals surface area contributed by atoms with E-state index in [1.165, 1.54) is 32.1 Å².